The number of oxazole rings is 1. The Bertz CT molecular complexity index is 342. The number of aromatic nitrogens is 1. The highest BCUT2D eigenvalue weighted by molar-refractivity contribution is 8.13. The first kappa shape index (κ1) is 8.55. The summed E-state index contributed by atoms with van der Waals surface area (Å²) < 4.78 is 25.8. The molecule has 0 spiro atoms. The quantitative estimate of drug-likeness (QED) is 0.662. The maximum atomic E-state index is 10.5. The summed E-state index contributed by atoms with van der Waals surface area (Å²) in [6, 6.07) is 0. The van der Waals surface area contributed by atoms with Gasteiger partial charge in [-0.05, 0) is 0 Å². The van der Waals surface area contributed by atoms with Crippen LogP contribution in [0.25, 0.3) is 0 Å². The molecule has 0 unspecified atom stereocenters. The fourth-order valence-corrected chi connectivity index (χ4v) is 1.47. The zero-order chi connectivity index (χ0) is 8.48. The van der Waals surface area contributed by atoms with Gasteiger partial charge in [0.1, 0.15) is 12.0 Å². The first-order chi connectivity index (χ1) is 4.97. The second-order valence-electron chi connectivity index (χ2n) is 2.04. The normalized spacial score (nSPS) is 11.8. The lowest BCUT2D eigenvalue weighted by Crippen LogP contribution is -1.94. The average molecular weight is 196 g/mol. The molecule has 0 amide bonds. The predicted octanol–water partition coefficient (Wildman–Crippen LogP) is 1.05. The summed E-state index contributed by atoms with van der Waals surface area (Å²) in [6.07, 6.45) is 1.27. The summed E-state index contributed by atoms with van der Waals surface area (Å²) in [5.74, 6) is 0.145. The molecule has 1 rings (SSSR count). The van der Waals surface area contributed by atoms with Crippen molar-refractivity contribution >= 4 is 19.7 Å². The minimum absolute atomic E-state index is 0.286. The lowest BCUT2D eigenvalue weighted by molar-refractivity contribution is 0.520. The van der Waals surface area contributed by atoms with Gasteiger partial charge in [0.05, 0.1) is 5.69 Å². The van der Waals surface area contributed by atoms with E-state index in [0.717, 1.165) is 0 Å². The second-order valence-corrected chi connectivity index (χ2v) is 4.82. The van der Waals surface area contributed by atoms with Crippen molar-refractivity contribution in [3.63, 3.8) is 0 Å². The number of nitrogens with zero attached hydrogens (tertiary/aromatic N) is 1. The van der Waals surface area contributed by atoms with Crippen molar-refractivity contribution in [1.82, 2.24) is 4.98 Å². The van der Waals surface area contributed by atoms with Crippen molar-refractivity contribution in [2.75, 3.05) is 0 Å². The summed E-state index contributed by atoms with van der Waals surface area (Å²) in [5, 5.41) is 0. The molecule has 0 aliphatic heterocycles. The van der Waals surface area contributed by atoms with E-state index in [0.29, 0.717) is 11.6 Å². The van der Waals surface area contributed by atoms with Crippen LogP contribution in [0.15, 0.2) is 10.7 Å². The van der Waals surface area contributed by atoms with Gasteiger partial charge in [-0.1, -0.05) is 0 Å². The lowest BCUT2D eigenvalue weighted by atomic mass is 10.6. The monoisotopic (exact) mass is 195 g/mol. The van der Waals surface area contributed by atoms with Crippen LogP contribution in [-0.2, 0) is 14.8 Å². The third kappa shape index (κ3) is 2.90. The first-order valence-corrected chi connectivity index (χ1v) is 5.28. The fourth-order valence-electron chi connectivity index (χ4n) is 0.651. The van der Waals surface area contributed by atoms with Crippen molar-refractivity contribution in [3.8, 4) is 0 Å². The van der Waals surface area contributed by atoms with Crippen LogP contribution in [0, 0.1) is 6.92 Å². The van der Waals surface area contributed by atoms with Gasteiger partial charge < -0.3 is 4.42 Å². The first-order valence-electron chi connectivity index (χ1n) is 2.81. The fraction of sp³-hybridized carbons (Fsp3) is 0.400. The number of hydrogen-bond donors (Lipinski definition) is 0. The maximum Gasteiger partial charge on any atom is 0.238 e. The van der Waals surface area contributed by atoms with Gasteiger partial charge in [0, 0.05) is 17.6 Å². The van der Waals surface area contributed by atoms with E-state index in [-0.39, 0.29) is 5.75 Å². The van der Waals surface area contributed by atoms with Crippen LogP contribution in [0.2, 0.25) is 0 Å². The van der Waals surface area contributed by atoms with E-state index in [1.165, 1.54) is 6.26 Å². The van der Waals surface area contributed by atoms with Crippen LogP contribution in [0.1, 0.15) is 11.6 Å². The number of hydrogen-bond acceptors (Lipinski definition) is 4. The van der Waals surface area contributed by atoms with E-state index in [4.69, 9.17) is 15.1 Å². The Labute approximate surface area is 68.6 Å². The van der Waals surface area contributed by atoms with Crippen molar-refractivity contribution in [2.24, 2.45) is 0 Å². The average Bonchev–Trinajstić information content (AvgIpc) is 2.10. The van der Waals surface area contributed by atoms with Crippen LogP contribution >= 0.6 is 10.7 Å². The summed E-state index contributed by atoms with van der Waals surface area (Å²) >= 11 is 0. The van der Waals surface area contributed by atoms with Gasteiger partial charge in [-0.3, -0.25) is 0 Å². The molecule has 0 atom stereocenters. The van der Waals surface area contributed by atoms with Crippen LogP contribution < -0.4 is 0 Å². The molecule has 11 heavy (non-hydrogen) atoms. The molecule has 0 aliphatic carbocycles. The van der Waals surface area contributed by atoms with Gasteiger partial charge in [-0.15, -0.1) is 0 Å². The minimum atomic E-state index is -3.51. The molecule has 0 radical (unpaired) electrons. The molecule has 1 heterocycles. The van der Waals surface area contributed by atoms with Gasteiger partial charge >= 0.3 is 0 Å². The molecule has 1 aromatic rings. The second kappa shape index (κ2) is 2.83. The maximum absolute atomic E-state index is 10.5. The van der Waals surface area contributed by atoms with Crippen molar-refractivity contribution < 1.29 is 12.8 Å². The molecule has 0 bridgehead atoms. The van der Waals surface area contributed by atoms with Crippen molar-refractivity contribution in [2.45, 2.75) is 12.7 Å². The van der Waals surface area contributed by atoms with Gasteiger partial charge in [0.25, 0.3) is 0 Å². The molecule has 0 aromatic carbocycles. The van der Waals surface area contributed by atoms with Crippen molar-refractivity contribution in [3.05, 3.63) is 17.8 Å². The molecule has 1 aromatic heterocycles. The molecule has 62 valence electrons. The molecule has 0 saturated heterocycles. The summed E-state index contributed by atoms with van der Waals surface area (Å²) in [5.41, 5.74) is 0.331. The lowest BCUT2D eigenvalue weighted by Gasteiger charge is -1.86. The molecular weight excluding hydrogens is 190 g/mol. The smallest absolute Gasteiger partial charge is 0.238 e. The van der Waals surface area contributed by atoms with Crippen LogP contribution in [0.3, 0.4) is 0 Å². The Kier molecular flexibility index (Phi) is 2.20. The Morgan fingerprint density at radius 1 is 1.73 bits per heavy atom. The van der Waals surface area contributed by atoms with E-state index < -0.39 is 9.05 Å². The summed E-state index contributed by atoms with van der Waals surface area (Å²) in [6.45, 7) is 1.63. The SMILES string of the molecule is Cc1nc(CS(=O)(=O)Cl)co1. The van der Waals surface area contributed by atoms with E-state index in [1.807, 2.05) is 0 Å². The highest BCUT2D eigenvalue weighted by Crippen LogP contribution is 2.08. The van der Waals surface area contributed by atoms with Gasteiger partial charge in [-0.2, -0.15) is 0 Å². The van der Waals surface area contributed by atoms with Gasteiger partial charge in [0.2, 0.25) is 9.05 Å². The topological polar surface area (TPSA) is 60.2 Å². The van der Waals surface area contributed by atoms with Crippen LogP contribution in [-0.4, -0.2) is 13.4 Å². The van der Waals surface area contributed by atoms with Crippen molar-refractivity contribution in [1.29, 1.82) is 0 Å². The molecule has 6 heteroatoms. The van der Waals surface area contributed by atoms with E-state index in [1.54, 1.807) is 6.92 Å². The highest BCUT2D eigenvalue weighted by Gasteiger charge is 2.09. The van der Waals surface area contributed by atoms with E-state index in [2.05, 4.69) is 4.98 Å². The summed E-state index contributed by atoms with van der Waals surface area (Å²) in [7, 11) is 1.45. The summed E-state index contributed by atoms with van der Waals surface area (Å²) in [4.78, 5) is 3.77. The number of rotatable bonds is 2. The minimum Gasteiger partial charge on any atom is -0.449 e. The highest BCUT2D eigenvalue weighted by atomic mass is 35.7. The molecule has 0 fully saturated rings. The number of aryl methyl sites for hydroxylation is 1. The molecular formula is C5H6ClNO3S. The third-order valence-corrected chi connectivity index (χ3v) is 1.95. The Balaban J connectivity index is 2.81. The molecule has 0 aliphatic rings. The third-order valence-electron chi connectivity index (χ3n) is 0.987. The van der Waals surface area contributed by atoms with E-state index >= 15 is 0 Å². The zero-order valence-electron chi connectivity index (χ0n) is 5.74. The van der Waals surface area contributed by atoms with E-state index in [9.17, 15) is 8.42 Å². The molecule has 4 nitrogen and oxygen atoms in total. The number of halogens is 1. The molecule has 0 saturated carbocycles. The predicted molar refractivity (Wildman–Crippen MR) is 39.7 cm³/mol. The van der Waals surface area contributed by atoms with Crippen LogP contribution in [0.5, 0.6) is 0 Å². The Morgan fingerprint density at radius 2 is 2.36 bits per heavy atom. The Morgan fingerprint density at radius 3 is 2.73 bits per heavy atom. The van der Waals surface area contributed by atoms with Gasteiger partial charge in [-0.25, -0.2) is 13.4 Å². The largest absolute Gasteiger partial charge is 0.449 e. The standard InChI is InChI=1S/C5H6ClNO3S/c1-4-7-5(2-10-4)3-11(6,8)9/h2H,3H2,1H3. The molecule has 0 N–H and O–H groups in total. The van der Waals surface area contributed by atoms with Gasteiger partial charge in [0.15, 0.2) is 5.89 Å². The van der Waals surface area contributed by atoms with Crippen LogP contribution in [0.4, 0.5) is 0 Å². The Hall–Kier alpha value is -0.550. The zero-order valence-corrected chi connectivity index (χ0v) is 7.32.